The van der Waals surface area contributed by atoms with E-state index in [0.717, 1.165) is 36.1 Å². The number of amides is 1. The standard InChI is InChI=1S/C31H36FN5O6S/c1-31(2,3)43-30(39)35-14-11-20(12-15-35)13-16-36-19-34-26-9-7-22(17-23(26)29(36)38)42-28-24(18-33)27(10-8-25(28)32)37(44(40)41)21-5-4-6-21/h7-10,17,19-21H,4-6,11-16H2,1-3H3,(H,40,41)/p-1. The van der Waals surface area contributed by atoms with Crippen LogP contribution >= 0.6 is 0 Å². The fourth-order valence-electron chi connectivity index (χ4n) is 5.49. The Balaban J connectivity index is 1.31. The lowest BCUT2D eigenvalue weighted by Crippen LogP contribution is -2.41. The van der Waals surface area contributed by atoms with Crippen LogP contribution in [0.5, 0.6) is 11.5 Å². The third kappa shape index (κ3) is 6.87. The Morgan fingerprint density at radius 1 is 1.20 bits per heavy atom. The van der Waals surface area contributed by atoms with Gasteiger partial charge in [0.15, 0.2) is 11.6 Å². The van der Waals surface area contributed by atoms with Gasteiger partial charge in [0, 0.05) is 36.9 Å². The van der Waals surface area contributed by atoms with Gasteiger partial charge in [-0.2, -0.15) is 5.26 Å². The van der Waals surface area contributed by atoms with Gasteiger partial charge in [0.05, 0.1) is 22.9 Å². The predicted molar refractivity (Wildman–Crippen MR) is 161 cm³/mol. The zero-order valence-electron chi connectivity index (χ0n) is 25.0. The molecule has 0 spiro atoms. The summed E-state index contributed by atoms with van der Waals surface area (Å²) < 4.78 is 52.9. The lowest BCUT2D eigenvalue weighted by Gasteiger charge is -2.40. The largest absolute Gasteiger partial charge is 0.755 e. The fourth-order valence-corrected chi connectivity index (χ4v) is 6.26. The molecule has 5 rings (SSSR count). The van der Waals surface area contributed by atoms with Crippen molar-refractivity contribution in [3.63, 3.8) is 0 Å². The first-order valence-electron chi connectivity index (χ1n) is 14.7. The molecule has 1 saturated heterocycles. The summed E-state index contributed by atoms with van der Waals surface area (Å²) >= 11 is -2.66. The molecule has 13 heteroatoms. The monoisotopic (exact) mass is 624 g/mol. The quantitative estimate of drug-likeness (QED) is 0.304. The first-order valence-corrected chi connectivity index (χ1v) is 15.7. The Kier molecular flexibility index (Phi) is 9.22. The van der Waals surface area contributed by atoms with Crippen molar-refractivity contribution in [1.29, 1.82) is 5.26 Å². The minimum atomic E-state index is -2.66. The topological polar surface area (TPSA) is 141 Å². The molecule has 2 heterocycles. The number of rotatable bonds is 8. The van der Waals surface area contributed by atoms with E-state index in [0.29, 0.717) is 43.9 Å². The van der Waals surface area contributed by atoms with Crippen molar-refractivity contribution in [2.75, 3.05) is 17.4 Å². The second-order valence-corrected chi connectivity index (χ2v) is 13.1. The van der Waals surface area contributed by atoms with Gasteiger partial charge in [0.1, 0.15) is 23.0 Å². The van der Waals surface area contributed by atoms with Crippen molar-refractivity contribution in [2.45, 2.75) is 77.5 Å². The lowest BCUT2D eigenvalue weighted by atomic mass is 9.92. The number of anilines is 1. The normalized spacial score (nSPS) is 16.7. The van der Waals surface area contributed by atoms with Gasteiger partial charge in [-0.25, -0.2) is 14.2 Å². The van der Waals surface area contributed by atoms with Crippen LogP contribution in [0.25, 0.3) is 10.9 Å². The number of aromatic nitrogens is 2. The molecular formula is C31H35FN5O6S-. The van der Waals surface area contributed by atoms with Gasteiger partial charge < -0.3 is 18.9 Å². The predicted octanol–water partition coefficient (Wildman–Crippen LogP) is 5.39. The highest BCUT2D eigenvalue weighted by atomic mass is 32.2. The molecule has 1 saturated carbocycles. The van der Waals surface area contributed by atoms with Crippen molar-refractivity contribution >= 4 is 34.0 Å². The van der Waals surface area contributed by atoms with E-state index >= 15 is 0 Å². The Morgan fingerprint density at radius 2 is 1.93 bits per heavy atom. The number of ether oxygens (including phenoxy) is 2. The smallest absolute Gasteiger partial charge is 0.410 e. The minimum Gasteiger partial charge on any atom is -0.755 e. The number of halogens is 1. The number of carbonyl (C=O) groups excluding carboxylic acids is 1. The van der Waals surface area contributed by atoms with E-state index in [2.05, 4.69) is 4.98 Å². The second-order valence-electron chi connectivity index (χ2n) is 12.2. The maximum atomic E-state index is 15.0. The first-order chi connectivity index (χ1) is 20.9. The Labute approximate surface area is 257 Å². The van der Waals surface area contributed by atoms with Gasteiger partial charge in [-0.3, -0.25) is 17.9 Å². The van der Waals surface area contributed by atoms with E-state index in [1.54, 1.807) is 11.0 Å². The van der Waals surface area contributed by atoms with Gasteiger partial charge >= 0.3 is 6.09 Å². The molecule has 1 aliphatic heterocycles. The summed E-state index contributed by atoms with van der Waals surface area (Å²) in [7, 11) is 0. The van der Waals surface area contributed by atoms with Crippen LogP contribution in [0.2, 0.25) is 0 Å². The van der Waals surface area contributed by atoms with Crippen LogP contribution in [0.1, 0.15) is 64.9 Å². The lowest BCUT2D eigenvalue weighted by molar-refractivity contribution is 0.0179. The highest BCUT2D eigenvalue weighted by Crippen LogP contribution is 2.39. The van der Waals surface area contributed by atoms with E-state index in [1.165, 1.54) is 29.1 Å². The number of benzene rings is 2. The van der Waals surface area contributed by atoms with Crippen LogP contribution in [0.3, 0.4) is 0 Å². The number of nitrogens with zero attached hydrogens (tertiary/aromatic N) is 5. The SMILES string of the molecule is CC(C)(C)OC(=O)N1CCC(CCn2cnc3ccc(Oc4c(F)ccc(N(C5CCC5)S(=O)[O-])c4C#N)cc3c2=O)CC1. The highest BCUT2D eigenvalue weighted by Gasteiger charge is 2.30. The number of carbonyl (C=O) groups is 1. The third-order valence-corrected chi connectivity index (χ3v) is 8.88. The molecule has 0 radical (unpaired) electrons. The molecule has 3 aromatic rings. The number of aryl methyl sites for hydroxylation is 1. The van der Waals surface area contributed by atoms with Crippen LogP contribution in [0, 0.1) is 23.1 Å². The molecule has 0 bridgehead atoms. The number of fused-ring (bicyclic) bond motifs is 1. The van der Waals surface area contributed by atoms with Crippen molar-refractivity contribution in [3.8, 4) is 17.6 Å². The molecule has 2 aromatic carbocycles. The Bertz CT molecular complexity index is 1670. The fraction of sp³-hybridized carbons (Fsp3) is 0.484. The Morgan fingerprint density at radius 3 is 2.55 bits per heavy atom. The van der Waals surface area contributed by atoms with Gasteiger partial charge in [-0.1, -0.05) is 0 Å². The van der Waals surface area contributed by atoms with E-state index < -0.39 is 28.4 Å². The summed E-state index contributed by atoms with van der Waals surface area (Å²) in [6, 6.07) is 8.46. The van der Waals surface area contributed by atoms with Crippen molar-refractivity contribution < 1.29 is 27.4 Å². The molecule has 2 aliphatic rings. The zero-order chi connectivity index (χ0) is 31.6. The summed E-state index contributed by atoms with van der Waals surface area (Å²) in [6.45, 7) is 7.14. The van der Waals surface area contributed by atoms with Gasteiger partial charge in [0.2, 0.25) is 0 Å². The van der Waals surface area contributed by atoms with Crippen LogP contribution in [0.4, 0.5) is 14.9 Å². The van der Waals surface area contributed by atoms with E-state index in [1.807, 2.05) is 26.8 Å². The zero-order valence-corrected chi connectivity index (χ0v) is 25.8. The maximum absolute atomic E-state index is 15.0. The van der Waals surface area contributed by atoms with Crippen molar-refractivity contribution in [3.05, 3.63) is 58.4 Å². The van der Waals surface area contributed by atoms with E-state index in [9.17, 15) is 28.0 Å². The summed E-state index contributed by atoms with van der Waals surface area (Å²) in [5.41, 5.74) is -0.614. The van der Waals surface area contributed by atoms with Crippen molar-refractivity contribution in [2.24, 2.45) is 5.92 Å². The van der Waals surface area contributed by atoms with Gasteiger partial charge in [-0.15, -0.1) is 0 Å². The molecular weight excluding hydrogens is 589 g/mol. The molecule has 1 amide bonds. The van der Waals surface area contributed by atoms with Crippen molar-refractivity contribution in [1.82, 2.24) is 14.5 Å². The van der Waals surface area contributed by atoms with Crippen LogP contribution in [-0.4, -0.2) is 54.0 Å². The van der Waals surface area contributed by atoms with Crippen LogP contribution in [0.15, 0.2) is 41.5 Å². The molecule has 44 heavy (non-hydrogen) atoms. The third-order valence-electron chi connectivity index (χ3n) is 8.06. The summed E-state index contributed by atoms with van der Waals surface area (Å²) in [6.07, 6.45) is 5.66. The number of hydrogen-bond donors (Lipinski definition) is 0. The van der Waals surface area contributed by atoms with E-state index in [4.69, 9.17) is 9.47 Å². The second kappa shape index (κ2) is 12.9. The number of hydrogen-bond acceptors (Lipinski definition) is 8. The number of piperidine rings is 1. The molecule has 11 nitrogen and oxygen atoms in total. The highest BCUT2D eigenvalue weighted by molar-refractivity contribution is 7.80. The average molecular weight is 625 g/mol. The van der Waals surface area contributed by atoms with E-state index in [-0.39, 0.29) is 40.1 Å². The molecule has 1 unspecified atom stereocenters. The molecule has 0 N–H and O–H groups in total. The summed E-state index contributed by atoms with van der Waals surface area (Å²) in [5.74, 6) is -0.818. The first kappa shape index (κ1) is 31.4. The molecule has 234 valence electrons. The summed E-state index contributed by atoms with van der Waals surface area (Å²) in [5, 5.41) is 10.2. The molecule has 1 aliphatic carbocycles. The van der Waals surface area contributed by atoms with Crippen LogP contribution < -0.4 is 14.6 Å². The molecule has 2 fully saturated rings. The van der Waals surface area contributed by atoms with Gasteiger partial charge in [-0.05, 0) is 95.5 Å². The molecule has 1 aromatic heterocycles. The summed E-state index contributed by atoms with van der Waals surface area (Å²) in [4.78, 5) is 31.9. The van der Waals surface area contributed by atoms with Crippen LogP contribution in [-0.2, 0) is 22.5 Å². The maximum Gasteiger partial charge on any atom is 0.410 e. The number of nitriles is 1. The average Bonchev–Trinajstić information content (AvgIpc) is 2.95. The van der Waals surface area contributed by atoms with Gasteiger partial charge in [0.25, 0.3) is 5.56 Å². The number of likely N-dealkylation sites (tertiary alicyclic amines) is 1. The Hall–Kier alpha value is -4.02. The minimum absolute atomic E-state index is 0.0451. The molecule has 1 atom stereocenters.